The second kappa shape index (κ2) is 6.53. The van der Waals surface area contributed by atoms with E-state index < -0.39 is 5.91 Å². The number of primary amides is 1. The molecule has 6 nitrogen and oxygen atoms in total. The van der Waals surface area contributed by atoms with E-state index in [1.54, 1.807) is 6.20 Å². The van der Waals surface area contributed by atoms with Crippen LogP contribution in [0.5, 0.6) is 0 Å². The second-order valence-electron chi connectivity index (χ2n) is 4.20. The topological polar surface area (TPSA) is 103 Å². The quantitative estimate of drug-likeness (QED) is 0.547. The molecule has 0 aliphatic rings. The number of ether oxygens (including phenoxy) is 1. The number of fused-ring (bicyclic) bond motifs is 1. The molecule has 0 radical (unpaired) electrons. The normalized spacial score (nSPS) is 10.7. The molecule has 1 aromatic heterocycles. The lowest BCUT2D eigenvalue weighted by Crippen LogP contribution is -2.20. The summed E-state index contributed by atoms with van der Waals surface area (Å²) in [5, 5.41) is 4.07. The number of anilines is 2. The Bertz CT molecular complexity index is 633. The molecule has 2 aromatic rings. The van der Waals surface area contributed by atoms with Crippen LogP contribution in [0.2, 0.25) is 0 Å². The second-order valence-corrected chi connectivity index (χ2v) is 5.11. The number of pyridine rings is 1. The Morgan fingerprint density at radius 1 is 1.45 bits per heavy atom. The lowest BCUT2D eigenvalue weighted by Gasteiger charge is -2.11. The molecule has 0 saturated heterocycles. The summed E-state index contributed by atoms with van der Waals surface area (Å²) in [4.78, 5) is 14.9. The molecule has 1 amide bonds. The molecule has 106 valence electrons. The highest BCUT2D eigenvalue weighted by Crippen LogP contribution is 2.28. The molecule has 7 heteroatoms. The van der Waals surface area contributed by atoms with Crippen LogP contribution < -0.4 is 16.8 Å². The third kappa shape index (κ3) is 3.58. The van der Waals surface area contributed by atoms with Gasteiger partial charge in [-0.15, -0.1) is 0 Å². The summed E-state index contributed by atoms with van der Waals surface area (Å²) in [5.41, 5.74) is 13.2. The van der Waals surface area contributed by atoms with Crippen molar-refractivity contribution in [3.05, 3.63) is 28.9 Å². The maximum Gasteiger partial charge on any atom is 0.243 e. The minimum absolute atomic E-state index is 0.0740. The number of carbonyl (C=O) groups excluding carboxylic acids is 1. The first-order chi connectivity index (χ1) is 9.58. The lowest BCUT2D eigenvalue weighted by atomic mass is 10.1. The van der Waals surface area contributed by atoms with Crippen molar-refractivity contribution in [3.63, 3.8) is 0 Å². The van der Waals surface area contributed by atoms with Crippen LogP contribution in [0.4, 0.5) is 11.4 Å². The molecule has 0 saturated carbocycles. The van der Waals surface area contributed by atoms with Crippen molar-refractivity contribution < 1.29 is 9.53 Å². The number of nitrogen functional groups attached to an aromatic ring is 1. The summed E-state index contributed by atoms with van der Waals surface area (Å²) in [5.74, 6) is -0.477. The molecule has 0 aliphatic carbocycles. The lowest BCUT2D eigenvalue weighted by molar-refractivity contribution is -0.122. The maximum absolute atomic E-state index is 10.5. The summed E-state index contributed by atoms with van der Waals surface area (Å²) >= 11 is 3.38. The predicted molar refractivity (Wildman–Crippen MR) is 82.4 cm³/mol. The van der Waals surface area contributed by atoms with E-state index in [4.69, 9.17) is 16.2 Å². The molecule has 20 heavy (non-hydrogen) atoms. The number of nitrogens with two attached hydrogens (primary N) is 2. The van der Waals surface area contributed by atoms with Gasteiger partial charge in [0.05, 0.1) is 17.8 Å². The van der Waals surface area contributed by atoms with Gasteiger partial charge in [-0.1, -0.05) is 0 Å². The van der Waals surface area contributed by atoms with Gasteiger partial charge in [-0.2, -0.15) is 0 Å². The first kappa shape index (κ1) is 14.5. The summed E-state index contributed by atoms with van der Waals surface area (Å²) in [6.07, 6.45) is 1.72. The molecule has 2 rings (SSSR count). The summed E-state index contributed by atoms with van der Waals surface area (Å²) in [6, 6.07) is 5.61. The van der Waals surface area contributed by atoms with Gasteiger partial charge in [0.2, 0.25) is 5.91 Å². The number of nitrogens with zero attached hydrogens (tertiary/aromatic N) is 1. The Balaban J connectivity index is 2.07. The number of carbonyl (C=O) groups is 1. The van der Waals surface area contributed by atoms with E-state index in [1.165, 1.54) is 0 Å². The van der Waals surface area contributed by atoms with E-state index in [9.17, 15) is 4.79 Å². The largest absolute Gasteiger partial charge is 0.398 e. The third-order valence-electron chi connectivity index (χ3n) is 2.66. The highest BCUT2D eigenvalue weighted by atomic mass is 79.9. The van der Waals surface area contributed by atoms with E-state index in [0.717, 1.165) is 21.1 Å². The summed E-state index contributed by atoms with van der Waals surface area (Å²) < 4.78 is 5.96. The first-order valence-electron chi connectivity index (χ1n) is 6.01. The van der Waals surface area contributed by atoms with Gasteiger partial charge in [0.25, 0.3) is 0 Å². The number of hydrogen-bond donors (Lipinski definition) is 3. The molecule has 1 aromatic carbocycles. The van der Waals surface area contributed by atoms with Crippen molar-refractivity contribution in [2.24, 2.45) is 5.73 Å². The fourth-order valence-electron chi connectivity index (χ4n) is 1.79. The molecule has 5 N–H and O–H groups in total. The molecule has 0 aliphatic heterocycles. The van der Waals surface area contributed by atoms with Crippen molar-refractivity contribution in [3.8, 4) is 0 Å². The predicted octanol–water partition coefficient (Wildman–Crippen LogP) is 1.49. The van der Waals surface area contributed by atoms with Crippen LogP contribution in [0.3, 0.4) is 0 Å². The summed E-state index contributed by atoms with van der Waals surface area (Å²) in [6.45, 7) is 0.852. The van der Waals surface area contributed by atoms with Crippen molar-refractivity contribution in [2.75, 3.05) is 30.8 Å². The average Bonchev–Trinajstić information content (AvgIpc) is 2.41. The van der Waals surface area contributed by atoms with Crippen molar-refractivity contribution in [2.45, 2.75) is 0 Å². The van der Waals surface area contributed by atoms with E-state index >= 15 is 0 Å². The van der Waals surface area contributed by atoms with E-state index in [-0.39, 0.29) is 6.61 Å². The van der Waals surface area contributed by atoms with Gasteiger partial charge < -0.3 is 21.5 Å². The fourth-order valence-corrected chi connectivity index (χ4v) is 2.12. The SMILES string of the molecule is NC(=O)COCCNc1ccc(N)c2cc(Br)cnc12. The standard InChI is InChI=1S/C13H15BrN4O2/c14-8-5-9-10(15)1-2-11(13(9)18-6-8)17-3-4-20-7-12(16)19/h1-2,5-6,17H,3-4,7,15H2,(H2,16,19). The van der Waals surface area contributed by atoms with Gasteiger partial charge >= 0.3 is 0 Å². The first-order valence-corrected chi connectivity index (χ1v) is 6.81. The Morgan fingerprint density at radius 2 is 2.25 bits per heavy atom. The average molecular weight is 339 g/mol. The number of nitrogens with one attached hydrogen (secondary N) is 1. The zero-order valence-corrected chi connectivity index (χ0v) is 12.3. The third-order valence-corrected chi connectivity index (χ3v) is 3.09. The van der Waals surface area contributed by atoms with E-state index in [2.05, 4.69) is 26.2 Å². The molecule has 0 fully saturated rings. The highest BCUT2D eigenvalue weighted by molar-refractivity contribution is 9.10. The number of hydrogen-bond acceptors (Lipinski definition) is 5. The fraction of sp³-hybridized carbons (Fsp3) is 0.231. The van der Waals surface area contributed by atoms with Gasteiger partial charge in [-0.3, -0.25) is 9.78 Å². The van der Waals surface area contributed by atoms with Crippen LogP contribution in [0, 0.1) is 0 Å². The number of rotatable bonds is 6. The molecular weight excluding hydrogens is 324 g/mol. The van der Waals surface area contributed by atoms with Gasteiger partial charge in [0.15, 0.2) is 0 Å². The smallest absolute Gasteiger partial charge is 0.243 e. The van der Waals surface area contributed by atoms with E-state index in [0.29, 0.717) is 18.8 Å². The van der Waals surface area contributed by atoms with Crippen LogP contribution >= 0.6 is 15.9 Å². The van der Waals surface area contributed by atoms with Gasteiger partial charge in [0.1, 0.15) is 6.61 Å². The van der Waals surface area contributed by atoms with Crippen LogP contribution in [0.1, 0.15) is 0 Å². The van der Waals surface area contributed by atoms with Crippen LogP contribution in [-0.2, 0) is 9.53 Å². The Kier molecular flexibility index (Phi) is 4.75. The molecule has 0 atom stereocenters. The Hall–Kier alpha value is -1.86. The van der Waals surface area contributed by atoms with Crippen LogP contribution in [0.15, 0.2) is 28.9 Å². The van der Waals surface area contributed by atoms with Gasteiger partial charge in [0, 0.05) is 28.3 Å². The summed E-state index contributed by atoms with van der Waals surface area (Å²) in [7, 11) is 0. The Labute approximate surface area is 124 Å². The molecule has 1 heterocycles. The van der Waals surface area contributed by atoms with Gasteiger partial charge in [-0.05, 0) is 34.1 Å². The monoisotopic (exact) mass is 338 g/mol. The minimum atomic E-state index is -0.477. The zero-order chi connectivity index (χ0) is 14.5. The van der Waals surface area contributed by atoms with Crippen LogP contribution in [-0.4, -0.2) is 30.6 Å². The molecule has 0 unspecified atom stereocenters. The maximum atomic E-state index is 10.5. The molecule has 0 bridgehead atoms. The minimum Gasteiger partial charge on any atom is -0.398 e. The molecule has 0 spiro atoms. The molecular formula is C13H15BrN4O2. The number of amides is 1. The Morgan fingerprint density at radius 3 is 3.00 bits per heavy atom. The number of halogens is 1. The van der Waals surface area contributed by atoms with Crippen molar-refractivity contribution in [1.29, 1.82) is 0 Å². The van der Waals surface area contributed by atoms with Crippen molar-refractivity contribution >= 4 is 44.1 Å². The van der Waals surface area contributed by atoms with Crippen molar-refractivity contribution in [1.82, 2.24) is 4.98 Å². The van der Waals surface area contributed by atoms with Crippen LogP contribution in [0.25, 0.3) is 10.9 Å². The number of aromatic nitrogens is 1. The van der Waals surface area contributed by atoms with E-state index in [1.807, 2.05) is 18.2 Å². The zero-order valence-electron chi connectivity index (χ0n) is 10.7. The highest BCUT2D eigenvalue weighted by Gasteiger charge is 2.06. The van der Waals surface area contributed by atoms with Gasteiger partial charge in [-0.25, -0.2) is 0 Å². The number of benzene rings is 1.